The van der Waals surface area contributed by atoms with Crippen LogP contribution in [-0.2, 0) is 13.0 Å². The van der Waals surface area contributed by atoms with Crippen molar-refractivity contribution in [2.75, 3.05) is 6.61 Å². The summed E-state index contributed by atoms with van der Waals surface area (Å²) < 4.78 is 12.1. The van der Waals surface area contributed by atoms with E-state index in [0.29, 0.717) is 19.0 Å². The molecule has 6 nitrogen and oxygen atoms in total. The van der Waals surface area contributed by atoms with E-state index in [-0.39, 0.29) is 0 Å². The number of hydrogen-bond donors (Lipinski definition) is 1. The van der Waals surface area contributed by atoms with Gasteiger partial charge in [0.1, 0.15) is 29.4 Å². The van der Waals surface area contributed by atoms with Crippen molar-refractivity contribution in [3.63, 3.8) is 0 Å². The molecule has 0 aliphatic rings. The number of pyridine rings is 2. The lowest BCUT2D eigenvalue weighted by molar-refractivity contribution is 0.293. The lowest BCUT2D eigenvalue weighted by atomic mass is 10.1. The van der Waals surface area contributed by atoms with Crippen molar-refractivity contribution in [3.05, 3.63) is 103 Å². The summed E-state index contributed by atoms with van der Waals surface area (Å²) >= 11 is 0. The van der Waals surface area contributed by atoms with Crippen LogP contribution in [-0.4, -0.2) is 26.5 Å². The van der Waals surface area contributed by atoms with Gasteiger partial charge in [-0.2, -0.15) is 0 Å². The quantitative estimate of drug-likeness (QED) is 0.371. The molecule has 0 saturated carbocycles. The highest BCUT2D eigenvalue weighted by atomic mass is 16.5. The number of ether oxygens (including phenoxy) is 2. The molecule has 5 aromatic rings. The number of benzene rings is 2. The van der Waals surface area contributed by atoms with Crippen molar-refractivity contribution in [2.45, 2.75) is 13.0 Å². The first-order chi connectivity index (χ1) is 15.8. The van der Waals surface area contributed by atoms with Crippen molar-refractivity contribution in [2.24, 2.45) is 0 Å². The molecule has 0 spiro atoms. The highest BCUT2D eigenvalue weighted by Gasteiger charge is 2.11. The summed E-state index contributed by atoms with van der Waals surface area (Å²) in [6.07, 6.45) is 4.33. The van der Waals surface area contributed by atoms with E-state index in [1.165, 1.54) is 5.56 Å². The van der Waals surface area contributed by atoms with Gasteiger partial charge in [0, 0.05) is 30.4 Å². The van der Waals surface area contributed by atoms with E-state index < -0.39 is 0 Å². The molecule has 0 unspecified atom stereocenters. The van der Waals surface area contributed by atoms with E-state index in [2.05, 4.69) is 32.1 Å². The Labute approximate surface area is 185 Å². The second-order valence-electron chi connectivity index (χ2n) is 7.34. The molecule has 0 radical (unpaired) electrons. The smallest absolute Gasteiger partial charge is 0.157 e. The van der Waals surface area contributed by atoms with Crippen LogP contribution in [0.5, 0.6) is 11.5 Å². The van der Waals surface area contributed by atoms with Gasteiger partial charge in [-0.1, -0.05) is 36.4 Å². The molecule has 3 aromatic heterocycles. The monoisotopic (exact) mass is 422 g/mol. The summed E-state index contributed by atoms with van der Waals surface area (Å²) in [5.74, 6) is 2.13. The fourth-order valence-electron chi connectivity index (χ4n) is 3.43. The van der Waals surface area contributed by atoms with E-state index in [1.807, 2.05) is 66.7 Å². The Bertz CT molecular complexity index is 1270. The van der Waals surface area contributed by atoms with Gasteiger partial charge < -0.3 is 14.5 Å². The fourth-order valence-corrected chi connectivity index (χ4v) is 3.43. The second kappa shape index (κ2) is 9.31. The predicted octanol–water partition coefficient (Wildman–Crippen LogP) is 5.22. The topological polar surface area (TPSA) is 72.9 Å². The minimum absolute atomic E-state index is 0.370. The first kappa shape index (κ1) is 19.8. The second-order valence-corrected chi connectivity index (χ2v) is 7.34. The maximum Gasteiger partial charge on any atom is 0.157 e. The minimum atomic E-state index is 0.370. The largest absolute Gasteiger partial charge is 0.493 e. The van der Waals surface area contributed by atoms with Gasteiger partial charge in [0.25, 0.3) is 0 Å². The van der Waals surface area contributed by atoms with Crippen LogP contribution in [0.15, 0.2) is 91.3 Å². The van der Waals surface area contributed by atoms with Crippen molar-refractivity contribution >= 4 is 11.2 Å². The Morgan fingerprint density at radius 2 is 1.56 bits per heavy atom. The van der Waals surface area contributed by atoms with Crippen LogP contribution in [0, 0.1) is 0 Å². The Morgan fingerprint density at radius 3 is 2.38 bits per heavy atom. The van der Waals surface area contributed by atoms with E-state index in [1.54, 1.807) is 12.4 Å². The average molecular weight is 422 g/mol. The third-order valence-corrected chi connectivity index (χ3v) is 5.02. The van der Waals surface area contributed by atoms with Gasteiger partial charge in [0.05, 0.1) is 12.3 Å². The number of nitrogens with one attached hydrogen (secondary N) is 1. The van der Waals surface area contributed by atoms with Crippen LogP contribution in [0.2, 0.25) is 0 Å². The zero-order valence-electron chi connectivity index (χ0n) is 17.4. The normalized spacial score (nSPS) is 10.9. The number of imidazole rings is 1. The molecule has 0 fully saturated rings. The maximum absolute atomic E-state index is 6.09. The van der Waals surface area contributed by atoms with E-state index in [4.69, 9.17) is 9.47 Å². The highest BCUT2D eigenvalue weighted by molar-refractivity contribution is 5.76. The van der Waals surface area contributed by atoms with Crippen molar-refractivity contribution in [1.29, 1.82) is 0 Å². The number of aromatic amines is 1. The predicted molar refractivity (Wildman–Crippen MR) is 124 cm³/mol. The van der Waals surface area contributed by atoms with Gasteiger partial charge in [0.2, 0.25) is 0 Å². The van der Waals surface area contributed by atoms with Gasteiger partial charge in [0.15, 0.2) is 5.65 Å². The first-order valence-corrected chi connectivity index (χ1v) is 10.5. The average Bonchev–Trinajstić information content (AvgIpc) is 3.29. The number of H-pyrrole nitrogens is 1. The van der Waals surface area contributed by atoms with Crippen molar-refractivity contribution in [3.8, 4) is 22.9 Å². The summed E-state index contributed by atoms with van der Waals surface area (Å²) in [6.45, 7) is 0.935. The highest BCUT2D eigenvalue weighted by Crippen LogP contribution is 2.30. The first-order valence-electron chi connectivity index (χ1n) is 10.5. The molecular weight excluding hydrogens is 400 g/mol. The minimum Gasteiger partial charge on any atom is -0.493 e. The molecule has 0 saturated heterocycles. The molecule has 0 aliphatic heterocycles. The Morgan fingerprint density at radius 1 is 0.750 bits per heavy atom. The lowest BCUT2D eigenvalue weighted by Gasteiger charge is -2.12. The lowest BCUT2D eigenvalue weighted by Crippen LogP contribution is -2.03. The molecule has 0 amide bonds. The van der Waals surface area contributed by atoms with Gasteiger partial charge in [-0.3, -0.25) is 4.98 Å². The van der Waals surface area contributed by atoms with Crippen LogP contribution in [0.25, 0.3) is 22.6 Å². The van der Waals surface area contributed by atoms with Crippen LogP contribution >= 0.6 is 0 Å². The summed E-state index contributed by atoms with van der Waals surface area (Å²) in [6, 6.07) is 25.7. The SMILES string of the molecule is c1ccc(CCOc2cc(OCc3ccccn3)cc(-c3nc4cccnc4[nH]3)c2)cc1. The molecule has 1 N–H and O–H groups in total. The Balaban J connectivity index is 1.39. The summed E-state index contributed by atoms with van der Waals surface area (Å²) in [7, 11) is 0. The molecule has 0 aliphatic carbocycles. The molecule has 6 heteroatoms. The number of fused-ring (bicyclic) bond motifs is 1. The Hall–Kier alpha value is -4.19. The van der Waals surface area contributed by atoms with E-state index in [0.717, 1.165) is 40.4 Å². The van der Waals surface area contributed by atoms with Gasteiger partial charge in [-0.15, -0.1) is 0 Å². The fraction of sp³-hybridized carbons (Fsp3) is 0.115. The van der Waals surface area contributed by atoms with E-state index >= 15 is 0 Å². The molecule has 5 rings (SSSR count). The Kier molecular flexibility index (Phi) is 5.74. The number of nitrogens with zero attached hydrogens (tertiary/aromatic N) is 3. The zero-order chi connectivity index (χ0) is 21.6. The molecule has 0 bridgehead atoms. The summed E-state index contributed by atoms with van der Waals surface area (Å²) in [5, 5.41) is 0. The summed E-state index contributed by atoms with van der Waals surface area (Å²) in [5.41, 5.74) is 4.52. The molecule has 3 heterocycles. The maximum atomic E-state index is 6.09. The molecule has 2 aromatic carbocycles. The molecule has 32 heavy (non-hydrogen) atoms. The van der Waals surface area contributed by atoms with Gasteiger partial charge >= 0.3 is 0 Å². The van der Waals surface area contributed by atoms with Gasteiger partial charge in [-0.25, -0.2) is 9.97 Å². The van der Waals surface area contributed by atoms with Crippen LogP contribution < -0.4 is 9.47 Å². The third kappa shape index (κ3) is 4.75. The van der Waals surface area contributed by atoms with Crippen LogP contribution in [0.3, 0.4) is 0 Å². The number of hydrogen-bond acceptors (Lipinski definition) is 5. The molecular formula is C26H22N4O2. The number of aromatic nitrogens is 4. The number of rotatable bonds is 8. The standard InChI is InChI=1S/C26H22N4O2/c1-2-7-19(8-3-1)11-14-31-22-15-20(25-29-24-10-6-13-28-26(24)30-25)16-23(17-22)32-18-21-9-4-5-12-27-21/h1-10,12-13,15-17H,11,14,18H2,(H,28,29,30). The summed E-state index contributed by atoms with van der Waals surface area (Å²) in [4.78, 5) is 16.6. The molecule has 0 atom stereocenters. The van der Waals surface area contributed by atoms with Crippen LogP contribution in [0.4, 0.5) is 0 Å². The van der Waals surface area contributed by atoms with Crippen molar-refractivity contribution < 1.29 is 9.47 Å². The van der Waals surface area contributed by atoms with Crippen LogP contribution in [0.1, 0.15) is 11.3 Å². The third-order valence-electron chi connectivity index (χ3n) is 5.02. The zero-order valence-corrected chi connectivity index (χ0v) is 17.4. The van der Waals surface area contributed by atoms with Gasteiger partial charge in [-0.05, 0) is 42.0 Å². The van der Waals surface area contributed by atoms with Crippen molar-refractivity contribution in [1.82, 2.24) is 19.9 Å². The molecule has 158 valence electrons. The van der Waals surface area contributed by atoms with E-state index in [9.17, 15) is 0 Å².